The van der Waals surface area contributed by atoms with E-state index in [1.54, 1.807) is 27.7 Å². The lowest BCUT2D eigenvalue weighted by Crippen LogP contribution is -2.36. The Hall–Kier alpha value is -0.900. The first-order chi connectivity index (χ1) is 7.98. The molecule has 18 heavy (non-hydrogen) atoms. The quantitative estimate of drug-likeness (QED) is 0.659. The van der Waals surface area contributed by atoms with Gasteiger partial charge in [-0.3, -0.25) is 9.59 Å². The molecule has 0 rings (SSSR count). The van der Waals surface area contributed by atoms with E-state index in [9.17, 15) is 9.59 Å². The van der Waals surface area contributed by atoms with Crippen molar-refractivity contribution in [2.45, 2.75) is 66.1 Å². The molecule has 0 unspecified atom stereocenters. The van der Waals surface area contributed by atoms with Crippen LogP contribution in [-0.4, -0.2) is 29.6 Å². The Balaban J connectivity index is 4.20. The van der Waals surface area contributed by atoms with Gasteiger partial charge in [-0.1, -0.05) is 13.8 Å². The van der Waals surface area contributed by atoms with Crippen LogP contribution in [0.3, 0.4) is 0 Å². The molecule has 0 aliphatic carbocycles. The zero-order chi connectivity index (χ0) is 14.6. The molecule has 0 spiro atoms. The number of carbonyl (C=O) groups excluding carboxylic acids is 2. The van der Waals surface area contributed by atoms with Crippen LogP contribution in [0.5, 0.6) is 0 Å². The van der Waals surface area contributed by atoms with Gasteiger partial charge in [0.25, 0.3) is 0 Å². The molecule has 4 nitrogen and oxygen atoms in total. The summed E-state index contributed by atoms with van der Waals surface area (Å²) in [5, 5.41) is 0. The Morgan fingerprint density at radius 1 is 1.11 bits per heavy atom. The summed E-state index contributed by atoms with van der Waals surface area (Å²) in [6, 6.07) is 0. The van der Waals surface area contributed by atoms with E-state index in [4.69, 9.17) is 9.47 Å². The van der Waals surface area contributed by atoms with Crippen LogP contribution >= 0.6 is 0 Å². The molecule has 0 amide bonds. The molecule has 0 bridgehead atoms. The van der Waals surface area contributed by atoms with Crippen LogP contribution in [0, 0.1) is 5.92 Å². The van der Waals surface area contributed by atoms with E-state index in [-0.39, 0.29) is 17.7 Å². The summed E-state index contributed by atoms with van der Waals surface area (Å²) >= 11 is 0. The number of hydrogen-bond acceptors (Lipinski definition) is 4. The highest BCUT2D eigenvalue weighted by Crippen LogP contribution is 2.19. The van der Waals surface area contributed by atoms with Crippen LogP contribution in [0.15, 0.2) is 0 Å². The minimum Gasteiger partial charge on any atom is -0.459 e. The summed E-state index contributed by atoms with van der Waals surface area (Å²) in [6.07, 6.45) is 0.558. The second-order valence-corrected chi connectivity index (χ2v) is 6.00. The first-order valence-corrected chi connectivity index (χ1v) is 6.36. The largest absolute Gasteiger partial charge is 0.459 e. The van der Waals surface area contributed by atoms with Gasteiger partial charge in [-0.2, -0.15) is 0 Å². The number of carbonyl (C=O) groups is 2. The van der Waals surface area contributed by atoms with Gasteiger partial charge in [0, 0.05) is 6.42 Å². The standard InChI is InChI=1S/C14H26O4/c1-10(2)12(16)18-13(4,5)8-9-17-14(6,7)11(3)15/h10H,8-9H2,1-7H3. The fourth-order valence-corrected chi connectivity index (χ4v) is 1.09. The molecule has 0 aromatic carbocycles. The highest BCUT2D eigenvalue weighted by Gasteiger charge is 2.28. The van der Waals surface area contributed by atoms with Gasteiger partial charge in [-0.05, 0) is 34.6 Å². The second-order valence-electron chi connectivity index (χ2n) is 6.00. The van der Waals surface area contributed by atoms with Crippen molar-refractivity contribution in [1.29, 1.82) is 0 Å². The minimum atomic E-state index is -0.780. The van der Waals surface area contributed by atoms with Gasteiger partial charge in [0.2, 0.25) is 0 Å². The molecule has 0 fully saturated rings. The fraction of sp³-hybridized carbons (Fsp3) is 0.857. The Labute approximate surface area is 110 Å². The highest BCUT2D eigenvalue weighted by atomic mass is 16.6. The maximum atomic E-state index is 11.5. The predicted molar refractivity (Wildman–Crippen MR) is 70.3 cm³/mol. The third-order valence-corrected chi connectivity index (χ3v) is 2.86. The molecule has 0 saturated carbocycles. The average Bonchev–Trinajstić information content (AvgIpc) is 2.15. The Morgan fingerprint density at radius 3 is 2.00 bits per heavy atom. The molecule has 0 aromatic heterocycles. The van der Waals surface area contributed by atoms with Crippen molar-refractivity contribution < 1.29 is 19.1 Å². The second kappa shape index (κ2) is 6.32. The molecule has 0 atom stereocenters. The van der Waals surface area contributed by atoms with Gasteiger partial charge in [-0.15, -0.1) is 0 Å². The van der Waals surface area contributed by atoms with Gasteiger partial charge in [0.1, 0.15) is 11.2 Å². The number of Topliss-reactive ketones (excluding diaryl/α,β-unsaturated/α-hetero) is 1. The SMILES string of the molecule is CC(=O)C(C)(C)OCCC(C)(C)OC(=O)C(C)C. The third-order valence-electron chi connectivity index (χ3n) is 2.86. The highest BCUT2D eigenvalue weighted by molar-refractivity contribution is 5.83. The van der Waals surface area contributed by atoms with Crippen molar-refractivity contribution in [3.8, 4) is 0 Å². The molecule has 0 aliphatic rings. The van der Waals surface area contributed by atoms with Crippen molar-refractivity contribution in [2.24, 2.45) is 5.92 Å². The third kappa shape index (κ3) is 6.15. The van der Waals surface area contributed by atoms with Crippen LogP contribution in [0.1, 0.15) is 54.9 Å². The maximum Gasteiger partial charge on any atom is 0.308 e. The summed E-state index contributed by atoms with van der Waals surface area (Å²) in [5.74, 6) is -0.371. The van der Waals surface area contributed by atoms with E-state index < -0.39 is 11.2 Å². The van der Waals surface area contributed by atoms with Gasteiger partial charge < -0.3 is 9.47 Å². The van der Waals surface area contributed by atoms with E-state index in [2.05, 4.69) is 0 Å². The first kappa shape index (κ1) is 17.1. The molecule has 4 heteroatoms. The number of esters is 1. The summed E-state index contributed by atoms with van der Waals surface area (Å²) in [4.78, 5) is 22.8. The van der Waals surface area contributed by atoms with Crippen LogP contribution in [0.25, 0.3) is 0 Å². The average molecular weight is 258 g/mol. The lowest BCUT2D eigenvalue weighted by atomic mass is 10.0. The zero-order valence-electron chi connectivity index (χ0n) is 12.6. The van der Waals surface area contributed by atoms with Crippen molar-refractivity contribution in [3.63, 3.8) is 0 Å². The van der Waals surface area contributed by atoms with E-state index in [1.807, 2.05) is 13.8 Å². The van der Waals surface area contributed by atoms with Crippen molar-refractivity contribution in [2.75, 3.05) is 6.61 Å². The number of hydrogen-bond donors (Lipinski definition) is 0. The van der Waals surface area contributed by atoms with Crippen LogP contribution in [0.4, 0.5) is 0 Å². The zero-order valence-corrected chi connectivity index (χ0v) is 12.6. The summed E-state index contributed by atoms with van der Waals surface area (Å²) in [5.41, 5.74) is -1.35. The number of ketones is 1. The molecule has 106 valence electrons. The summed E-state index contributed by atoms with van der Waals surface area (Å²) in [6.45, 7) is 12.6. The van der Waals surface area contributed by atoms with Gasteiger partial charge in [-0.25, -0.2) is 0 Å². The van der Waals surface area contributed by atoms with Crippen LogP contribution in [0.2, 0.25) is 0 Å². The van der Waals surface area contributed by atoms with Crippen molar-refractivity contribution >= 4 is 11.8 Å². The van der Waals surface area contributed by atoms with E-state index in [1.165, 1.54) is 6.92 Å². The molecule has 0 N–H and O–H groups in total. The first-order valence-electron chi connectivity index (χ1n) is 6.36. The lowest BCUT2D eigenvalue weighted by Gasteiger charge is -2.28. The molecular formula is C14H26O4. The monoisotopic (exact) mass is 258 g/mol. The Bertz CT molecular complexity index is 303. The van der Waals surface area contributed by atoms with Crippen LogP contribution in [-0.2, 0) is 19.1 Å². The number of rotatable bonds is 7. The normalized spacial score (nSPS) is 12.7. The molecule has 0 saturated heterocycles. The van der Waals surface area contributed by atoms with Gasteiger partial charge in [0.05, 0.1) is 12.5 Å². The topological polar surface area (TPSA) is 52.6 Å². The lowest BCUT2D eigenvalue weighted by molar-refractivity contribution is -0.164. The molecule has 0 aromatic rings. The summed E-state index contributed by atoms with van der Waals surface area (Å²) in [7, 11) is 0. The minimum absolute atomic E-state index is 0.0144. The maximum absolute atomic E-state index is 11.5. The Kier molecular flexibility index (Phi) is 6.00. The van der Waals surface area contributed by atoms with E-state index in [0.717, 1.165) is 0 Å². The molecular weight excluding hydrogens is 232 g/mol. The molecule has 0 radical (unpaired) electrons. The van der Waals surface area contributed by atoms with Crippen molar-refractivity contribution in [3.05, 3.63) is 0 Å². The number of ether oxygens (including phenoxy) is 2. The molecule has 0 aliphatic heterocycles. The fourth-order valence-electron chi connectivity index (χ4n) is 1.09. The van der Waals surface area contributed by atoms with E-state index >= 15 is 0 Å². The van der Waals surface area contributed by atoms with Crippen LogP contribution < -0.4 is 0 Å². The van der Waals surface area contributed by atoms with E-state index in [0.29, 0.717) is 13.0 Å². The Morgan fingerprint density at radius 2 is 1.61 bits per heavy atom. The smallest absolute Gasteiger partial charge is 0.308 e. The summed E-state index contributed by atoms with van der Waals surface area (Å²) < 4.78 is 10.9. The molecule has 0 heterocycles. The van der Waals surface area contributed by atoms with Crippen molar-refractivity contribution in [1.82, 2.24) is 0 Å². The van der Waals surface area contributed by atoms with Gasteiger partial charge in [0.15, 0.2) is 5.78 Å². The predicted octanol–water partition coefficient (Wildman–Crippen LogP) is 2.74. The van der Waals surface area contributed by atoms with Gasteiger partial charge >= 0.3 is 5.97 Å².